The van der Waals surface area contributed by atoms with Crippen molar-refractivity contribution >= 4 is 23.3 Å². The highest BCUT2D eigenvalue weighted by atomic mass is 35.5. The second kappa shape index (κ2) is 5.03. The summed E-state index contributed by atoms with van der Waals surface area (Å²) >= 11 is 0. The summed E-state index contributed by atoms with van der Waals surface area (Å²) in [5, 5.41) is 5.46. The molecular formula is C18H25ClN2. The summed E-state index contributed by atoms with van der Waals surface area (Å²) < 4.78 is 0. The molecule has 4 rings (SSSR count). The van der Waals surface area contributed by atoms with Gasteiger partial charge >= 0.3 is 0 Å². The van der Waals surface area contributed by atoms with E-state index in [9.17, 15) is 0 Å². The Kier molecular flexibility index (Phi) is 3.58. The number of benzene rings is 1. The van der Waals surface area contributed by atoms with Crippen LogP contribution in [0.4, 0.5) is 0 Å². The molecule has 1 aliphatic heterocycles. The van der Waals surface area contributed by atoms with Gasteiger partial charge in [-0.05, 0) is 32.8 Å². The molecule has 0 unspecified atom stereocenters. The van der Waals surface area contributed by atoms with E-state index in [0.29, 0.717) is 0 Å². The van der Waals surface area contributed by atoms with Crippen LogP contribution in [0.15, 0.2) is 24.3 Å². The molecule has 2 aromatic rings. The highest BCUT2D eigenvalue weighted by Crippen LogP contribution is 2.46. The Morgan fingerprint density at radius 3 is 2.48 bits per heavy atom. The molecule has 1 spiro atoms. The smallest absolute Gasteiger partial charge is 0.0462 e. The van der Waals surface area contributed by atoms with Crippen LogP contribution in [0.2, 0.25) is 0 Å². The average molecular weight is 305 g/mol. The molecule has 0 saturated heterocycles. The molecule has 1 aromatic carbocycles. The largest absolute Gasteiger partial charge is 0.358 e. The minimum atomic E-state index is 0. The first kappa shape index (κ1) is 14.9. The molecule has 0 bridgehead atoms. The fourth-order valence-corrected chi connectivity index (χ4v) is 4.60. The number of nitrogens with one attached hydrogen (secondary N) is 2. The minimum absolute atomic E-state index is 0. The zero-order chi connectivity index (χ0) is 13.8. The number of rotatable bonds is 0. The lowest BCUT2D eigenvalue weighted by Crippen LogP contribution is -2.58. The van der Waals surface area contributed by atoms with Crippen LogP contribution in [-0.2, 0) is 12.0 Å². The van der Waals surface area contributed by atoms with E-state index in [1.807, 2.05) is 0 Å². The molecule has 2 nitrogen and oxygen atoms in total. The van der Waals surface area contributed by atoms with Gasteiger partial charge in [0.25, 0.3) is 0 Å². The number of para-hydroxylation sites is 1. The quantitative estimate of drug-likeness (QED) is 0.727. The number of H-pyrrole nitrogens is 1. The van der Waals surface area contributed by atoms with Gasteiger partial charge in [-0.2, -0.15) is 0 Å². The number of fused-ring (bicyclic) bond motifs is 4. The summed E-state index contributed by atoms with van der Waals surface area (Å²) in [5.74, 6) is 0. The van der Waals surface area contributed by atoms with Gasteiger partial charge < -0.3 is 10.3 Å². The summed E-state index contributed by atoms with van der Waals surface area (Å²) in [5.41, 5.74) is 4.74. The molecule has 1 aliphatic carbocycles. The Labute approximate surface area is 133 Å². The SMILES string of the molecule is CC1(C)Cc2[nH]c3ccccc3c2C2(CCCCC2)N1.Cl. The van der Waals surface area contributed by atoms with E-state index in [1.54, 1.807) is 5.56 Å². The van der Waals surface area contributed by atoms with Crippen LogP contribution >= 0.6 is 12.4 Å². The number of hydrogen-bond acceptors (Lipinski definition) is 1. The highest BCUT2D eigenvalue weighted by molar-refractivity contribution is 5.86. The van der Waals surface area contributed by atoms with Crippen molar-refractivity contribution in [3.05, 3.63) is 35.5 Å². The van der Waals surface area contributed by atoms with Gasteiger partial charge in [0.05, 0.1) is 0 Å². The lowest BCUT2D eigenvalue weighted by molar-refractivity contribution is 0.154. The maximum Gasteiger partial charge on any atom is 0.0462 e. The maximum absolute atomic E-state index is 4.02. The Morgan fingerprint density at radius 1 is 1.00 bits per heavy atom. The molecule has 1 saturated carbocycles. The van der Waals surface area contributed by atoms with E-state index in [1.165, 1.54) is 48.7 Å². The Bertz CT molecular complexity index is 650. The molecule has 2 aliphatic rings. The summed E-state index contributed by atoms with van der Waals surface area (Å²) in [6.45, 7) is 4.69. The minimum Gasteiger partial charge on any atom is -0.358 e. The molecule has 1 fully saturated rings. The van der Waals surface area contributed by atoms with Crippen molar-refractivity contribution in [2.75, 3.05) is 0 Å². The monoisotopic (exact) mass is 304 g/mol. The standard InChI is InChI=1S/C18H24N2.ClH/c1-17(2)12-15-16(13-8-4-5-9-14(13)19-15)18(20-17)10-6-3-7-11-18;/h4-5,8-9,19-20H,3,6-7,10-12H2,1-2H3;1H. The van der Waals surface area contributed by atoms with Gasteiger partial charge in [-0.1, -0.05) is 37.5 Å². The van der Waals surface area contributed by atoms with Gasteiger partial charge in [0.2, 0.25) is 0 Å². The van der Waals surface area contributed by atoms with Crippen molar-refractivity contribution in [1.82, 2.24) is 10.3 Å². The third-order valence-corrected chi connectivity index (χ3v) is 5.17. The van der Waals surface area contributed by atoms with Crippen molar-refractivity contribution in [1.29, 1.82) is 0 Å². The van der Waals surface area contributed by atoms with Crippen LogP contribution in [0.5, 0.6) is 0 Å². The molecular weight excluding hydrogens is 280 g/mol. The van der Waals surface area contributed by atoms with Crippen LogP contribution in [0.3, 0.4) is 0 Å². The first-order valence-corrected chi connectivity index (χ1v) is 7.99. The van der Waals surface area contributed by atoms with Crippen LogP contribution < -0.4 is 5.32 Å². The van der Waals surface area contributed by atoms with Crippen LogP contribution in [0, 0.1) is 0 Å². The summed E-state index contributed by atoms with van der Waals surface area (Å²) in [6, 6.07) is 8.82. The summed E-state index contributed by atoms with van der Waals surface area (Å²) in [4.78, 5) is 3.70. The summed E-state index contributed by atoms with van der Waals surface area (Å²) in [6.07, 6.45) is 7.75. The van der Waals surface area contributed by atoms with Gasteiger partial charge in [0, 0.05) is 39.7 Å². The highest BCUT2D eigenvalue weighted by Gasteiger charge is 2.45. The lowest BCUT2D eigenvalue weighted by atomic mass is 9.70. The molecule has 114 valence electrons. The fourth-order valence-electron chi connectivity index (χ4n) is 4.60. The Morgan fingerprint density at radius 2 is 1.71 bits per heavy atom. The first-order valence-electron chi connectivity index (χ1n) is 7.99. The predicted octanol–water partition coefficient (Wildman–Crippen LogP) is 4.67. The summed E-state index contributed by atoms with van der Waals surface area (Å²) in [7, 11) is 0. The Balaban J connectivity index is 0.00000132. The Hall–Kier alpha value is -0.990. The molecule has 2 N–H and O–H groups in total. The molecule has 1 aromatic heterocycles. The molecule has 3 heteroatoms. The van der Waals surface area contributed by atoms with Crippen molar-refractivity contribution < 1.29 is 0 Å². The fraction of sp³-hybridized carbons (Fsp3) is 0.556. The second-order valence-electron chi connectivity index (χ2n) is 7.35. The first-order chi connectivity index (χ1) is 9.60. The number of aromatic amines is 1. The average Bonchev–Trinajstić information content (AvgIpc) is 2.76. The number of aromatic nitrogens is 1. The third-order valence-electron chi connectivity index (χ3n) is 5.17. The van der Waals surface area contributed by atoms with E-state index < -0.39 is 0 Å². The number of hydrogen-bond donors (Lipinski definition) is 2. The van der Waals surface area contributed by atoms with E-state index in [4.69, 9.17) is 0 Å². The molecule has 2 heterocycles. The van der Waals surface area contributed by atoms with Crippen molar-refractivity contribution in [2.45, 2.75) is 63.5 Å². The van der Waals surface area contributed by atoms with Crippen LogP contribution in [-0.4, -0.2) is 10.5 Å². The van der Waals surface area contributed by atoms with E-state index >= 15 is 0 Å². The van der Waals surface area contributed by atoms with Crippen LogP contribution in [0.25, 0.3) is 10.9 Å². The molecule has 0 atom stereocenters. The lowest BCUT2D eigenvalue weighted by Gasteiger charge is -2.49. The van der Waals surface area contributed by atoms with Gasteiger partial charge in [-0.15, -0.1) is 12.4 Å². The van der Waals surface area contributed by atoms with Crippen LogP contribution in [0.1, 0.15) is 57.2 Å². The van der Waals surface area contributed by atoms with Crippen molar-refractivity contribution in [3.63, 3.8) is 0 Å². The second-order valence-corrected chi connectivity index (χ2v) is 7.35. The van der Waals surface area contributed by atoms with Gasteiger partial charge in [-0.3, -0.25) is 0 Å². The van der Waals surface area contributed by atoms with E-state index in [-0.39, 0.29) is 23.5 Å². The van der Waals surface area contributed by atoms with E-state index in [0.717, 1.165) is 6.42 Å². The van der Waals surface area contributed by atoms with E-state index in [2.05, 4.69) is 48.4 Å². The van der Waals surface area contributed by atoms with Gasteiger partial charge in [0.1, 0.15) is 0 Å². The van der Waals surface area contributed by atoms with Gasteiger partial charge in [0.15, 0.2) is 0 Å². The normalized spacial score (nSPS) is 22.8. The molecule has 0 amide bonds. The predicted molar refractivity (Wildman–Crippen MR) is 91.2 cm³/mol. The zero-order valence-electron chi connectivity index (χ0n) is 13.0. The van der Waals surface area contributed by atoms with Gasteiger partial charge in [-0.25, -0.2) is 0 Å². The molecule has 21 heavy (non-hydrogen) atoms. The van der Waals surface area contributed by atoms with Crippen molar-refractivity contribution in [3.8, 4) is 0 Å². The topological polar surface area (TPSA) is 27.8 Å². The third kappa shape index (κ3) is 2.29. The zero-order valence-corrected chi connectivity index (χ0v) is 13.8. The molecule has 0 radical (unpaired) electrons. The maximum atomic E-state index is 4.02. The number of halogens is 1. The van der Waals surface area contributed by atoms with Crippen molar-refractivity contribution in [2.24, 2.45) is 0 Å².